The molecule has 0 spiro atoms. The molecule has 24 heavy (non-hydrogen) atoms. The number of benzene rings is 1. The predicted octanol–water partition coefficient (Wildman–Crippen LogP) is 2.82. The summed E-state index contributed by atoms with van der Waals surface area (Å²) < 4.78 is 5.71. The minimum Gasteiger partial charge on any atom is -0.378 e. The van der Waals surface area contributed by atoms with E-state index in [4.69, 9.17) is 4.74 Å². The largest absolute Gasteiger partial charge is 0.378 e. The number of guanidine groups is 1. The molecule has 1 saturated heterocycles. The molecule has 1 aromatic carbocycles. The second-order valence-electron chi connectivity index (χ2n) is 5.87. The Balaban J connectivity index is 0.00000288. The molecule has 0 radical (unpaired) electrons. The van der Waals surface area contributed by atoms with E-state index in [1.807, 2.05) is 13.1 Å². The van der Waals surface area contributed by atoms with Crippen molar-refractivity contribution in [2.75, 3.05) is 51.8 Å². The average Bonchev–Trinajstić information content (AvgIpc) is 2.60. The molecule has 1 N–H and O–H groups in total. The van der Waals surface area contributed by atoms with E-state index in [0.717, 1.165) is 51.6 Å². The summed E-state index contributed by atoms with van der Waals surface area (Å²) in [7, 11) is 3.98. The standard InChI is InChI=1S/C18H30N4O.HI/c1-4-23-17-10-13-22(14-11-17)18(19-2)20-12-15-21(3)16-8-6-5-7-9-16;/h5-9,17H,4,10-15H2,1-3H3,(H,19,20);1H. The molecule has 1 heterocycles. The van der Waals surface area contributed by atoms with Gasteiger partial charge in [-0.3, -0.25) is 4.99 Å². The Morgan fingerprint density at radius 3 is 2.54 bits per heavy atom. The van der Waals surface area contributed by atoms with Crippen molar-refractivity contribution in [1.82, 2.24) is 10.2 Å². The molecule has 0 bridgehead atoms. The van der Waals surface area contributed by atoms with Crippen LogP contribution < -0.4 is 10.2 Å². The molecule has 5 nitrogen and oxygen atoms in total. The maximum Gasteiger partial charge on any atom is 0.193 e. The summed E-state index contributed by atoms with van der Waals surface area (Å²) in [6, 6.07) is 10.4. The molecule has 1 aromatic rings. The first kappa shape index (κ1) is 21.0. The number of nitrogens with one attached hydrogen (secondary N) is 1. The van der Waals surface area contributed by atoms with Gasteiger partial charge in [-0.15, -0.1) is 24.0 Å². The highest BCUT2D eigenvalue weighted by atomic mass is 127. The van der Waals surface area contributed by atoms with Crippen LogP contribution in [0.4, 0.5) is 5.69 Å². The molecule has 136 valence electrons. The first-order valence-electron chi connectivity index (χ1n) is 8.58. The van der Waals surface area contributed by atoms with Crippen molar-refractivity contribution < 1.29 is 4.74 Å². The molecular weight excluding hydrogens is 415 g/mol. The zero-order valence-corrected chi connectivity index (χ0v) is 17.4. The lowest BCUT2D eigenvalue weighted by molar-refractivity contribution is 0.0264. The highest BCUT2D eigenvalue weighted by Gasteiger charge is 2.21. The van der Waals surface area contributed by atoms with Gasteiger partial charge in [0.05, 0.1) is 6.10 Å². The van der Waals surface area contributed by atoms with E-state index >= 15 is 0 Å². The summed E-state index contributed by atoms with van der Waals surface area (Å²) in [5.41, 5.74) is 1.24. The molecule has 1 fully saturated rings. The second-order valence-corrected chi connectivity index (χ2v) is 5.87. The quantitative estimate of drug-likeness (QED) is 0.415. The van der Waals surface area contributed by atoms with Gasteiger partial charge in [0, 0.05) is 52.6 Å². The van der Waals surface area contributed by atoms with Crippen LogP contribution in [-0.4, -0.2) is 63.8 Å². The number of piperidine rings is 1. The van der Waals surface area contributed by atoms with Crippen molar-refractivity contribution in [2.45, 2.75) is 25.9 Å². The smallest absolute Gasteiger partial charge is 0.193 e. The number of hydrogen-bond donors (Lipinski definition) is 1. The van der Waals surface area contributed by atoms with E-state index in [1.165, 1.54) is 5.69 Å². The van der Waals surface area contributed by atoms with E-state index in [1.54, 1.807) is 0 Å². The third-order valence-corrected chi connectivity index (χ3v) is 4.28. The lowest BCUT2D eigenvalue weighted by atomic mass is 10.1. The van der Waals surface area contributed by atoms with Gasteiger partial charge in [0.2, 0.25) is 0 Å². The first-order chi connectivity index (χ1) is 11.2. The van der Waals surface area contributed by atoms with E-state index in [9.17, 15) is 0 Å². The van der Waals surface area contributed by atoms with Crippen LogP contribution in [0.3, 0.4) is 0 Å². The number of hydrogen-bond acceptors (Lipinski definition) is 3. The number of halogens is 1. The lowest BCUT2D eigenvalue weighted by Crippen LogP contribution is -2.48. The van der Waals surface area contributed by atoms with Crippen LogP contribution in [0.5, 0.6) is 0 Å². The van der Waals surface area contributed by atoms with Crippen LogP contribution in [0.1, 0.15) is 19.8 Å². The minimum atomic E-state index is 0. The van der Waals surface area contributed by atoms with E-state index in [0.29, 0.717) is 6.10 Å². The fourth-order valence-electron chi connectivity index (χ4n) is 2.95. The van der Waals surface area contributed by atoms with Crippen molar-refractivity contribution in [3.8, 4) is 0 Å². The number of ether oxygens (including phenoxy) is 1. The number of para-hydroxylation sites is 1. The normalized spacial score (nSPS) is 15.8. The maximum atomic E-state index is 5.71. The van der Waals surface area contributed by atoms with Crippen LogP contribution in [-0.2, 0) is 4.74 Å². The van der Waals surface area contributed by atoms with Crippen molar-refractivity contribution in [1.29, 1.82) is 0 Å². The average molecular weight is 446 g/mol. The molecule has 0 aliphatic carbocycles. The van der Waals surface area contributed by atoms with Crippen molar-refractivity contribution >= 4 is 35.6 Å². The van der Waals surface area contributed by atoms with E-state index in [-0.39, 0.29) is 24.0 Å². The summed E-state index contributed by atoms with van der Waals surface area (Å²) in [5, 5.41) is 3.48. The Hall–Kier alpha value is -1.02. The van der Waals surface area contributed by atoms with Crippen LogP contribution in [0.25, 0.3) is 0 Å². The van der Waals surface area contributed by atoms with Crippen molar-refractivity contribution in [2.24, 2.45) is 4.99 Å². The Kier molecular flexibility index (Phi) is 10.1. The Morgan fingerprint density at radius 2 is 1.96 bits per heavy atom. The van der Waals surface area contributed by atoms with Crippen LogP contribution in [0, 0.1) is 0 Å². The summed E-state index contributed by atoms with van der Waals surface area (Å²) in [6.45, 7) is 6.72. The molecule has 0 unspecified atom stereocenters. The Labute approximate surface area is 163 Å². The van der Waals surface area contributed by atoms with Crippen LogP contribution in [0.2, 0.25) is 0 Å². The molecule has 0 aromatic heterocycles. The van der Waals surface area contributed by atoms with Gasteiger partial charge in [-0.2, -0.15) is 0 Å². The van der Waals surface area contributed by atoms with Crippen LogP contribution >= 0.6 is 24.0 Å². The van der Waals surface area contributed by atoms with Gasteiger partial charge >= 0.3 is 0 Å². The predicted molar refractivity (Wildman–Crippen MR) is 113 cm³/mol. The summed E-state index contributed by atoms with van der Waals surface area (Å²) >= 11 is 0. The molecule has 1 aliphatic rings. The highest BCUT2D eigenvalue weighted by molar-refractivity contribution is 14.0. The molecule has 6 heteroatoms. The Bertz CT molecular complexity index is 475. The number of likely N-dealkylation sites (tertiary alicyclic amines) is 1. The monoisotopic (exact) mass is 446 g/mol. The van der Waals surface area contributed by atoms with Gasteiger partial charge in [-0.25, -0.2) is 0 Å². The fourth-order valence-corrected chi connectivity index (χ4v) is 2.95. The number of anilines is 1. The maximum absolute atomic E-state index is 5.71. The van der Waals surface area contributed by atoms with Crippen LogP contribution in [0.15, 0.2) is 35.3 Å². The third-order valence-electron chi connectivity index (χ3n) is 4.28. The number of rotatable bonds is 6. The highest BCUT2D eigenvalue weighted by Crippen LogP contribution is 2.14. The van der Waals surface area contributed by atoms with Gasteiger partial charge in [0.25, 0.3) is 0 Å². The lowest BCUT2D eigenvalue weighted by Gasteiger charge is -2.34. The van der Waals surface area contributed by atoms with Crippen molar-refractivity contribution in [3.63, 3.8) is 0 Å². The molecular formula is C18H31IN4O. The second kappa shape index (κ2) is 11.5. The molecule has 1 aliphatic heterocycles. The zero-order chi connectivity index (χ0) is 16.5. The molecule has 0 amide bonds. The third kappa shape index (κ3) is 6.47. The number of likely N-dealkylation sites (N-methyl/N-ethyl adjacent to an activating group) is 1. The summed E-state index contributed by atoms with van der Waals surface area (Å²) in [6.07, 6.45) is 2.58. The number of aliphatic imine (C=N–C) groups is 1. The summed E-state index contributed by atoms with van der Waals surface area (Å²) in [5.74, 6) is 1.00. The Morgan fingerprint density at radius 1 is 1.29 bits per heavy atom. The topological polar surface area (TPSA) is 40.1 Å². The fraction of sp³-hybridized carbons (Fsp3) is 0.611. The first-order valence-corrected chi connectivity index (χ1v) is 8.58. The van der Waals surface area contributed by atoms with E-state index in [2.05, 4.69) is 58.3 Å². The summed E-state index contributed by atoms with van der Waals surface area (Å²) in [4.78, 5) is 9.01. The van der Waals surface area contributed by atoms with Gasteiger partial charge in [0.1, 0.15) is 0 Å². The van der Waals surface area contributed by atoms with Crippen molar-refractivity contribution in [3.05, 3.63) is 30.3 Å². The number of nitrogens with zero attached hydrogens (tertiary/aromatic N) is 3. The molecule has 0 atom stereocenters. The van der Waals surface area contributed by atoms with E-state index < -0.39 is 0 Å². The molecule has 2 rings (SSSR count). The molecule has 0 saturated carbocycles. The SMILES string of the molecule is CCOC1CCN(C(=NC)NCCN(C)c2ccccc2)CC1.I. The zero-order valence-electron chi connectivity index (χ0n) is 15.1. The minimum absolute atomic E-state index is 0. The van der Waals surface area contributed by atoms with Gasteiger partial charge in [0.15, 0.2) is 5.96 Å². The van der Waals surface area contributed by atoms with Gasteiger partial charge in [-0.05, 0) is 31.9 Å². The van der Waals surface area contributed by atoms with Gasteiger partial charge in [-0.1, -0.05) is 18.2 Å². The van der Waals surface area contributed by atoms with Gasteiger partial charge < -0.3 is 19.9 Å².